The molecule has 0 spiro atoms. The largest absolute Gasteiger partial charge is 0.313 e. The molecule has 1 saturated heterocycles. The zero-order valence-corrected chi connectivity index (χ0v) is 24.1. The average molecular weight is 558 g/mol. The highest BCUT2D eigenvalue weighted by atomic mass is 32.2. The Hall–Kier alpha value is -2.26. The molecule has 2 saturated carbocycles. The van der Waals surface area contributed by atoms with Crippen LogP contribution in [0.4, 0.5) is 4.39 Å². The summed E-state index contributed by atoms with van der Waals surface area (Å²) >= 11 is 1.45. The van der Waals surface area contributed by atoms with Crippen LogP contribution in [0.3, 0.4) is 0 Å². The van der Waals surface area contributed by atoms with Gasteiger partial charge in [0.1, 0.15) is 11.9 Å². The van der Waals surface area contributed by atoms with E-state index in [0.29, 0.717) is 21.8 Å². The van der Waals surface area contributed by atoms with Crippen LogP contribution in [0.2, 0.25) is 0 Å². The number of imide groups is 2. The molecule has 2 aliphatic heterocycles. The van der Waals surface area contributed by atoms with Gasteiger partial charge >= 0.3 is 0 Å². The lowest BCUT2D eigenvalue weighted by Gasteiger charge is -2.39. The van der Waals surface area contributed by atoms with E-state index in [-0.39, 0.29) is 24.0 Å². The minimum Gasteiger partial charge on any atom is -0.313 e. The van der Waals surface area contributed by atoms with Crippen LogP contribution in [-0.4, -0.2) is 52.9 Å². The molecule has 2 aliphatic carbocycles. The standard InChI is InChI=1S/C30H40FN3O4S/c1-29(2)18-13-14-30(29,3)22(17-18)32-15-7-5-4-6-8-16-39-21-11-9-19(31)24-25(21)28(38)34(27(24)37)20-10-12-23(35)33-26(20)36/h9,11,18,20,22,32H,4-8,10,12-17H2,1-3H3,(H,33,35,36)/t18-,20?,22+,30+/m1/s1. The maximum Gasteiger partial charge on any atom is 0.265 e. The number of unbranched alkanes of at least 4 members (excludes halogenated alkanes) is 4. The molecule has 2 bridgehead atoms. The lowest BCUT2D eigenvalue weighted by Crippen LogP contribution is -2.54. The molecule has 0 aromatic heterocycles. The number of nitrogens with one attached hydrogen (secondary N) is 2. The maximum absolute atomic E-state index is 14.6. The highest BCUT2D eigenvalue weighted by Gasteiger charge is 2.60. The summed E-state index contributed by atoms with van der Waals surface area (Å²) in [4.78, 5) is 51.3. The fraction of sp³-hybridized carbons (Fsp3) is 0.667. The molecule has 39 heavy (non-hydrogen) atoms. The van der Waals surface area contributed by atoms with E-state index < -0.39 is 35.5 Å². The number of halogens is 1. The molecule has 3 fully saturated rings. The van der Waals surface area contributed by atoms with E-state index in [2.05, 4.69) is 31.4 Å². The summed E-state index contributed by atoms with van der Waals surface area (Å²) in [6.45, 7) is 8.44. The maximum atomic E-state index is 14.6. The number of carbonyl (C=O) groups excluding carboxylic acids is 4. The second-order valence-electron chi connectivity index (χ2n) is 12.5. The van der Waals surface area contributed by atoms with E-state index in [1.54, 1.807) is 6.07 Å². The van der Waals surface area contributed by atoms with Crippen molar-refractivity contribution < 1.29 is 23.6 Å². The van der Waals surface area contributed by atoms with Crippen molar-refractivity contribution in [2.75, 3.05) is 12.3 Å². The van der Waals surface area contributed by atoms with Crippen LogP contribution in [-0.2, 0) is 9.59 Å². The van der Waals surface area contributed by atoms with E-state index in [4.69, 9.17) is 0 Å². The molecule has 1 unspecified atom stereocenters. The van der Waals surface area contributed by atoms with Gasteiger partial charge in [0.05, 0.1) is 11.1 Å². The third-order valence-corrected chi connectivity index (χ3v) is 11.4. The zero-order chi connectivity index (χ0) is 27.9. The van der Waals surface area contributed by atoms with Crippen molar-refractivity contribution in [2.24, 2.45) is 16.7 Å². The lowest BCUT2D eigenvalue weighted by atomic mass is 9.69. The summed E-state index contributed by atoms with van der Waals surface area (Å²) in [6.07, 6.45) is 9.62. The summed E-state index contributed by atoms with van der Waals surface area (Å²) in [5.74, 6) is -1.75. The van der Waals surface area contributed by atoms with Gasteiger partial charge in [-0.15, -0.1) is 11.8 Å². The van der Waals surface area contributed by atoms with E-state index in [9.17, 15) is 23.6 Å². The number of hydrogen-bond acceptors (Lipinski definition) is 6. The van der Waals surface area contributed by atoms with Gasteiger partial charge in [-0.3, -0.25) is 29.4 Å². The Labute approximate surface area is 234 Å². The second-order valence-corrected chi connectivity index (χ2v) is 13.6. The molecule has 7 nitrogen and oxygen atoms in total. The van der Waals surface area contributed by atoms with Crippen LogP contribution >= 0.6 is 11.8 Å². The minimum atomic E-state index is -1.10. The van der Waals surface area contributed by atoms with Gasteiger partial charge in [-0.2, -0.15) is 0 Å². The quantitative estimate of drug-likeness (QED) is 0.224. The molecular formula is C30H40FN3O4S. The van der Waals surface area contributed by atoms with E-state index in [1.807, 2.05) is 0 Å². The molecule has 1 aromatic carbocycles. The molecule has 4 atom stereocenters. The monoisotopic (exact) mass is 557 g/mol. The topological polar surface area (TPSA) is 95.6 Å². The van der Waals surface area contributed by atoms with E-state index in [0.717, 1.165) is 42.4 Å². The summed E-state index contributed by atoms with van der Waals surface area (Å²) in [7, 11) is 0. The highest BCUT2D eigenvalue weighted by molar-refractivity contribution is 7.99. The first-order valence-corrected chi connectivity index (χ1v) is 15.4. The number of fused-ring (bicyclic) bond motifs is 3. The smallest absolute Gasteiger partial charge is 0.265 e. The summed E-state index contributed by atoms with van der Waals surface area (Å²) in [6, 6.07) is 2.30. The van der Waals surface area contributed by atoms with Gasteiger partial charge in [0.25, 0.3) is 11.8 Å². The summed E-state index contributed by atoms with van der Waals surface area (Å²) in [5.41, 5.74) is 0.627. The third kappa shape index (κ3) is 4.94. The first-order valence-electron chi connectivity index (χ1n) is 14.5. The molecule has 0 radical (unpaired) electrons. The Morgan fingerprint density at radius 1 is 1.00 bits per heavy atom. The number of benzene rings is 1. The SMILES string of the molecule is CC1(C)[C@@H]2CC[C@@]1(C)[C@@H](NCCCCCCCSc1ccc(F)c3c1C(=O)N(C1CCC(=O)NC1=O)C3=O)C2. The minimum absolute atomic E-state index is 0.0303. The fourth-order valence-corrected chi connectivity index (χ4v) is 8.44. The summed E-state index contributed by atoms with van der Waals surface area (Å²) in [5, 5.41) is 6.03. The predicted molar refractivity (Wildman–Crippen MR) is 148 cm³/mol. The highest BCUT2D eigenvalue weighted by Crippen LogP contribution is 2.65. The van der Waals surface area contributed by atoms with Gasteiger partial charge in [0.15, 0.2) is 0 Å². The molecule has 4 aliphatic rings. The first-order chi connectivity index (χ1) is 18.6. The molecule has 5 rings (SSSR count). The van der Waals surface area contributed by atoms with Gasteiger partial charge in [-0.1, -0.05) is 40.0 Å². The first kappa shape index (κ1) is 28.3. The Balaban J connectivity index is 1.06. The molecule has 9 heteroatoms. The molecule has 2 N–H and O–H groups in total. The van der Waals surface area contributed by atoms with Crippen LogP contribution in [0.25, 0.3) is 0 Å². The van der Waals surface area contributed by atoms with Gasteiger partial charge in [-0.05, 0) is 79.7 Å². The second kappa shape index (κ2) is 11.0. The summed E-state index contributed by atoms with van der Waals surface area (Å²) < 4.78 is 14.6. The Kier molecular flexibility index (Phi) is 7.94. The number of hydrogen-bond donors (Lipinski definition) is 2. The van der Waals surface area contributed by atoms with Crippen molar-refractivity contribution in [3.8, 4) is 0 Å². The predicted octanol–water partition coefficient (Wildman–Crippen LogP) is 5.07. The Morgan fingerprint density at radius 2 is 1.72 bits per heavy atom. The lowest BCUT2D eigenvalue weighted by molar-refractivity contribution is -0.136. The van der Waals surface area contributed by atoms with Crippen molar-refractivity contribution in [3.05, 3.63) is 29.1 Å². The number of piperidine rings is 1. The van der Waals surface area contributed by atoms with E-state index >= 15 is 0 Å². The van der Waals surface area contributed by atoms with Gasteiger partial charge < -0.3 is 5.32 Å². The van der Waals surface area contributed by atoms with Crippen LogP contribution in [0.15, 0.2) is 17.0 Å². The van der Waals surface area contributed by atoms with Crippen molar-refractivity contribution in [2.45, 2.75) is 102 Å². The van der Waals surface area contributed by atoms with Crippen LogP contribution < -0.4 is 10.6 Å². The molecule has 1 aromatic rings. The average Bonchev–Trinajstić information content (AvgIpc) is 3.36. The van der Waals surface area contributed by atoms with E-state index in [1.165, 1.54) is 49.9 Å². The third-order valence-electron chi connectivity index (χ3n) is 10.3. The van der Waals surface area contributed by atoms with Crippen LogP contribution in [0.1, 0.15) is 106 Å². The van der Waals surface area contributed by atoms with Crippen molar-refractivity contribution in [1.82, 2.24) is 15.5 Å². The normalized spacial score (nSPS) is 29.3. The zero-order valence-electron chi connectivity index (χ0n) is 23.2. The number of carbonyl (C=O) groups is 4. The van der Waals surface area contributed by atoms with Crippen molar-refractivity contribution in [3.63, 3.8) is 0 Å². The fourth-order valence-electron chi connectivity index (χ4n) is 7.37. The van der Waals surface area contributed by atoms with Crippen LogP contribution in [0.5, 0.6) is 0 Å². The number of amides is 4. The van der Waals surface area contributed by atoms with Crippen molar-refractivity contribution >= 4 is 35.4 Å². The number of nitrogens with zero attached hydrogens (tertiary/aromatic N) is 1. The van der Waals surface area contributed by atoms with Gasteiger partial charge in [0, 0.05) is 17.4 Å². The Bertz CT molecular complexity index is 1190. The molecule has 2 heterocycles. The van der Waals surface area contributed by atoms with Gasteiger partial charge in [0.2, 0.25) is 11.8 Å². The number of rotatable bonds is 11. The number of thioether (sulfide) groups is 1. The van der Waals surface area contributed by atoms with Gasteiger partial charge in [-0.25, -0.2) is 4.39 Å². The van der Waals surface area contributed by atoms with Crippen molar-refractivity contribution in [1.29, 1.82) is 0 Å². The molecule has 4 amide bonds. The Morgan fingerprint density at radius 3 is 2.41 bits per heavy atom. The molecular weight excluding hydrogens is 517 g/mol. The van der Waals surface area contributed by atoms with Crippen LogP contribution in [0, 0.1) is 22.6 Å². The molecule has 212 valence electrons.